The second-order valence-corrected chi connectivity index (χ2v) is 7.75. The van der Waals surface area contributed by atoms with E-state index in [1.807, 2.05) is 48.5 Å². The molecule has 2 heterocycles. The molecule has 0 atom stereocenters. The van der Waals surface area contributed by atoms with Crippen LogP contribution in [-0.4, -0.2) is 6.73 Å². The van der Waals surface area contributed by atoms with Crippen LogP contribution in [0.1, 0.15) is 18.1 Å². The zero-order chi connectivity index (χ0) is 20.7. The van der Waals surface area contributed by atoms with Gasteiger partial charge in [-0.25, -0.2) is 4.79 Å². The summed E-state index contributed by atoms with van der Waals surface area (Å²) < 4.78 is 11.7. The molecule has 30 heavy (non-hydrogen) atoms. The molecule has 0 fully saturated rings. The van der Waals surface area contributed by atoms with Crippen LogP contribution in [-0.2, 0) is 13.0 Å². The Kier molecular flexibility index (Phi) is 4.72. The van der Waals surface area contributed by atoms with Crippen molar-refractivity contribution in [2.45, 2.75) is 19.9 Å². The molecule has 0 spiro atoms. The Morgan fingerprint density at radius 3 is 2.60 bits per heavy atom. The molecule has 1 aromatic heterocycles. The smallest absolute Gasteiger partial charge is 0.336 e. The van der Waals surface area contributed by atoms with E-state index in [4.69, 9.17) is 20.8 Å². The van der Waals surface area contributed by atoms with Crippen LogP contribution in [0, 0.1) is 0 Å². The number of aryl methyl sites for hydroxylation is 1. The number of para-hydroxylation sites is 1. The van der Waals surface area contributed by atoms with Crippen molar-refractivity contribution < 1.29 is 9.15 Å². The number of nitrogens with zero attached hydrogens (tertiary/aromatic N) is 1. The van der Waals surface area contributed by atoms with Crippen molar-refractivity contribution in [3.8, 4) is 16.9 Å². The Labute approximate surface area is 179 Å². The molecule has 0 unspecified atom stereocenters. The fourth-order valence-corrected chi connectivity index (χ4v) is 4.40. The van der Waals surface area contributed by atoms with E-state index in [1.165, 1.54) is 11.6 Å². The first kappa shape index (κ1) is 18.8. The molecule has 4 aromatic rings. The molecule has 3 aromatic carbocycles. The molecule has 1 aliphatic heterocycles. The second-order valence-electron chi connectivity index (χ2n) is 7.34. The first-order valence-corrected chi connectivity index (χ1v) is 10.3. The van der Waals surface area contributed by atoms with Crippen LogP contribution in [0.15, 0.2) is 75.9 Å². The van der Waals surface area contributed by atoms with Crippen molar-refractivity contribution in [1.82, 2.24) is 0 Å². The minimum Gasteiger partial charge on any atom is -0.471 e. The third kappa shape index (κ3) is 3.14. The van der Waals surface area contributed by atoms with Gasteiger partial charge in [-0.15, -0.1) is 0 Å². The quantitative estimate of drug-likeness (QED) is 0.381. The highest BCUT2D eigenvalue weighted by Crippen LogP contribution is 2.42. The van der Waals surface area contributed by atoms with E-state index < -0.39 is 5.63 Å². The predicted molar refractivity (Wildman–Crippen MR) is 120 cm³/mol. The Morgan fingerprint density at radius 2 is 1.80 bits per heavy atom. The van der Waals surface area contributed by atoms with Gasteiger partial charge in [0.2, 0.25) is 0 Å². The van der Waals surface area contributed by atoms with Crippen LogP contribution in [0.4, 0.5) is 5.69 Å². The summed E-state index contributed by atoms with van der Waals surface area (Å²) in [5.41, 5.74) is 5.03. The molecular formula is C25H20ClNO3. The number of ether oxygens (including phenoxy) is 1. The van der Waals surface area contributed by atoms with Gasteiger partial charge in [-0.2, -0.15) is 0 Å². The lowest BCUT2D eigenvalue weighted by molar-refractivity contribution is 0.289. The van der Waals surface area contributed by atoms with Gasteiger partial charge in [0.1, 0.15) is 11.3 Å². The lowest BCUT2D eigenvalue weighted by Gasteiger charge is -2.32. The number of fused-ring (bicyclic) bond motifs is 3. The first-order chi connectivity index (χ1) is 14.7. The standard InChI is InChI=1S/C25H20ClNO3/c1-2-16-8-6-7-11-22(16)27-14-20-24-19(12-21(26)25(20)29-15-27)18(13-23(28)30-24)17-9-4-3-5-10-17/h3-13H,2,14-15H2,1H3. The highest BCUT2D eigenvalue weighted by atomic mass is 35.5. The summed E-state index contributed by atoms with van der Waals surface area (Å²) in [6.45, 7) is 3.07. The SMILES string of the molecule is CCc1ccccc1N1COc2c(Cl)cc3c(-c4ccccc4)cc(=O)oc3c2C1. The Balaban J connectivity index is 1.71. The van der Waals surface area contributed by atoms with Crippen molar-refractivity contribution >= 4 is 28.3 Å². The fourth-order valence-electron chi connectivity index (χ4n) is 4.12. The zero-order valence-corrected chi connectivity index (χ0v) is 17.3. The molecule has 5 rings (SSSR count). The second kappa shape index (κ2) is 7.54. The van der Waals surface area contributed by atoms with Crippen LogP contribution in [0.25, 0.3) is 22.1 Å². The third-order valence-corrected chi connectivity index (χ3v) is 5.83. The van der Waals surface area contributed by atoms with Gasteiger partial charge in [0.15, 0.2) is 6.73 Å². The van der Waals surface area contributed by atoms with Gasteiger partial charge >= 0.3 is 5.63 Å². The first-order valence-electron chi connectivity index (χ1n) is 9.96. The molecule has 0 saturated heterocycles. The molecule has 0 saturated carbocycles. The van der Waals surface area contributed by atoms with Crippen LogP contribution in [0.5, 0.6) is 5.75 Å². The molecule has 0 amide bonds. The summed E-state index contributed by atoms with van der Waals surface area (Å²) in [6, 6.07) is 21.4. The molecular weight excluding hydrogens is 398 g/mol. The fraction of sp³-hybridized carbons (Fsp3) is 0.160. The molecule has 0 aliphatic carbocycles. The van der Waals surface area contributed by atoms with E-state index in [1.54, 1.807) is 0 Å². The van der Waals surface area contributed by atoms with E-state index in [0.29, 0.717) is 29.6 Å². The molecule has 5 heteroatoms. The number of anilines is 1. The molecule has 1 aliphatic rings. The zero-order valence-electron chi connectivity index (χ0n) is 16.5. The summed E-state index contributed by atoms with van der Waals surface area (Å²) in [5, 5.41) is 1.32. The maximum atomic E-state index is 12.4. The maximum absolute atomic E-state index is 12.4. The number of hydrogen-bond donors (Lipinski definition) is 0. The highest BCUT2D eigenvalue weighted by Gasteiger charge is 2.26. The molecule has 150 valence electrons. The van der Waals surface area contributed by atoms with Crippen molar-refractivity contribution in [3.63, 3.8) is 0 Å². The van der Waals surface area contributed by atoms with E-state index in [9.17, 15) is 4.79 Å². The van der Waals surface area contributed by atoms with Gasteiger partial charge in [0, 0.05) is 17.1 Å². The van der Waals surface area contributed by atoms with Crippen molar-refractivity contribution in [2.75, 3.05) is 11.6 Å². The van der Waals surface area contributed by atoms with Gasteiger partial charge in [-0.3, -0.25) is 0 Å². The van der Waals surface area contributed by atoms with Crippen molar-refractivity contribution in [1.29, 1.82) is 0 Å². The highest BCUT2D eigenvalue weighted by molar-refractivity contribution is 6.33. The van der Waals surface area contributed by atoms with E-state index in [2.05, 4.69) is 24.0 Å². The Bertz CT molecular complexity index is 1300. The summed E-state index contributed by atoms with van der Waals surface area (Å²) in [7, 11) is 0. The van der Waals surface area contributed by atoms with Crippen LogP contribution >= 0.6 is 11.6 Å². The average molecular weight is 418 g/mol. The minimum absolute atomic E-state index is 0.387. The van der Waals surface area contributed by atoms with Crippen LogP contribution < -0.4 is 15.3 Å². The topological polar surface area (TPSA) is 42.7 Å². The van der Waals surface area contributed by atoms with Crippen LogP contribution in [0.2, 0.25) is 5.02 Å². The largest absolute Gasteiger partial charge is 0.471 e. The van der Waals surface area contributed by atoms with Crippen LogP contribution in [0.3, 0.4) is 0 Å². The molecule has 0 radical (unpaired) electrons. The predicted octanol–water partition coefficient (Wildman–Crippen LogP) is 6.03. The number of halogens is 1. The molecule has 4 nitrogen and oxygen atoms in total. The molecule has 0 N–H and O–H groups in total. The number of rotatable bonds is 3. The third-order valence-electron chi connectivity index (χ3n) is 5.55. The van der Waals surface area contributed by atoms with Crippen molar-refractivity contribution in [2.24, 2.45) is 0 Å². The monoisotopic (exact) mass is 417 g/mol. The van der Waals surface area contributed by atoms with Crippen molar-refractivity contribution in [3.05, 3.63) is 93.3 Å². The van der Waals surface area contributed by atoms with Gasteiger partial charge in [-0.1, -0.05) is 67.1 Å². The summed E-state index contributed by atoms with van der Waals surface area (Å²) in [5.74, 6) is 0.586. The summed E-state index contributed by atoms with van der Waals surface area (Å²) >= 11 is 6.61. The average Bonchev–Trinajstić information content (AvgIpc) is 2.79. The summed E-state index contributed by atoms with van der Waals surface area (Å²) in [6.07, 6.45) is 0.920. The maximum Gasteiger partial charge on any atom is 0.336 e. The van der Waals surface area contributed by atoms with Gasteiger partial charge in [0.25, 0.3) is 0 Å². The van der Waals surface area contributed by atoms with Gasteiger partial charge in [-0.05, 0) is 35.2 Å². The van der Waals surface area contributed by atoms with E-state index >= 15 is 0 Å². The lowest BCUT2D eigenvalue weighted by Crippen LogP contribution is -2.33. The normalized spacial score (nSPS) is 13.2. The Morgan fingerprint density at radius 1 is 1.03 bits per heavy atom. The van der Waals surface area contributed by atoms with E-state index in [0.717, 1.165) is 34.2 Å². The summed E-state index contributed by atoms with van der Waals surface area (Å²) in [4.78, 5) is 14.6. The van der Waals surface area contributed by atoms with Gasteiger partial charge < -0.3 is 14.1 Å². The van der Waals surface area contributed by atoms with E-state index in [-0.39, 0.29) is 0 Å². The molecule has 0 bridgehead atoms. The minimum atomic E-state index is -0.392. The van der Waals surface area contributed by atoms with Gasteiger partial charge in [0.05, 0.1) is 17.1 Å². The number of benzene rings is 3. The lowest BCUT2D eigenvalue weighted by atomic mass is 9.99. The Hall–Kier alpha value is -3.24. The number of hydrogen-bond acceptors (Lipinski definition) is 4.